The molecular weight excluding hydrogens is 197 g/mol. The lowest BCUT2D eigenvalue weighted by Crippen LogP contribution is -2.19. The third kappa shape index (κ3) is 1.93. The second-order valence-corrected chi connectivity index (χ2v) is 2.53. The van der Waals surface area contributed by atoms with Crippen LogP contribution in [-0.2, 0) is 12.6 Å². The quantitative estimate of drug-likeness (QED) is 0.749. The topological polar surface area (TPSA) is 56.6 Å². The fourth-order valence-electron chi connectivity index (χ4n) is 1.03. The molecule has 0 saturated heterocycles. The van der Waals surface area contributed by atoms with Crippen molar-refractivity contribution in [2.45, 2.75) is 12.6 Å². The minimum absolute atomic E-state index is 0.539. The van der Waals surface area contributed by atoms with Gasteiger partial charge in [0, 0.05) is 11.8 Å². The van der Waals surface area contributed by atoms with E-state index < -0.39 is 29.3 Å². The highest BCUT2D eigenvalue weighted by Crippen LogP contribution is 2.30. The number of rotatable bonds is 1. The van der Waals surface area contributed by atoms with Crippen molar-refractivity contribution in [1.82, 2.24) is 4.98 Å². The molecule has 0 saturated carbocycles. The van der Waals surface area contributed by atoms with Gasteiger partial charge in [0.05, 0.1) is 18.1 Å². The van der Waals surface area contributed by atoms with E-state index in [1.54, 1.807) is 0 Å². The van der Waals surface area contributed by atoms with Crippen molar-refractivity contribution in [3.05, 3.63) is 33.7 Å². The van der Waals surface area contributed by atoms with Crippen molar-refractivity contribution in [2.24, 2.45) is 0 Å². The summed E-state index contributed by atoms with van der Waals surface area (Å²) in [6, 6.07) is 2.26. The molecule has 0 aliphatic heterocycles. The summed E-state index contributed by atoms with van der Waals surface area (Å²) in [7, 11) is 0. The Morgan fingerprint density at radius 3 is 2.64 bits per heavy atom. The van der Waals surface area contributed by atoms with E-state index in [1.807, 2.05) is 0 Å². The third-order valence-corrected chi connectivity index (χ3v) is 1.62. The molecule has 0 unspecified atom stereocenters. The number of hydrogen-bond donors (Lipinski definition) is 1. The van der Waals surface area contributed by atoms with Crippen LogP contribution in [0.3, 0.4) is 0 Å². The smallest absolute Gasteiger partial charge is 0.329 e. The van der Waals surface area contributed by atoms with Crippen LogP contribution in [0.1, 0.15) is 11.1 Å². The summed E-state index contributed by atoms with van der Waals surface area (Å²) in [5.41, 5.74) is -2.47. The highest BCUT2D eigenvalue weighted by Gasteiger charge is 2.34. The summed E-state index contributed by atoms with van der Waals surface area (Å²) in [5, 5.41) is 8.26. The second kappa shape index (κ2) is 3.54. The number of nitrogens with zero attached hydrogens (tertiary/aromatic N) is 1. The maximum absolute atomic E-state index is 12.3. The zero-order valence-electron chi connectivity index (χ0n) is 6.85. The Hall–Kier alpha value is -1.77. The molecule has 1 rings (SSSR count). The Labute approximate surface area is 76.8 Å². The SMILES string of the molecule is N#CCc1c(C(F)(F)F)cc[nH]c1=O. The molecule has 0 bridgehead atoms. The van der Waals surface area contributed by atoms with Crippen LogP contribution in [-0.4, -0.2) is 4.98 Å². The molecule has 6 heteroatoms. The highest BCUT2D eigenvalue weighted by atomic mass is 19.4. The monoisotopic (exact) mass is 202 g/mol. The Balaban J connectivity index is 3.38. The Bertz CT molecular complexity index is 427. The predicted molar refractivity (Wildman–Crippen MR) is 41.4 cm³/mol. The number of aromatic amines is 1. The first-order chi connectivity index (χ1) is 6.46. The first-order valence-electron chi connectivity index (χ1n) is 3.61. The minimum Gasteiger partial charge on any atom is -0.329 e. The number of nitrogens with one attached hydrogen (secondary N) is 1. The molecule has 0 aliphatic carbocycles. The van der Waals surface area contributed by atoms with Gasteiger partial charge in [0.15, 0.2) is 0 Å². The number of alkyl halides is 3. The molecule has 1 N–H and O–H groups in total. The van der Waals surface area contributed by atoms with Crippen LogP contribution in [0.2, 0.25) is 0 Å². The normalized spacial score (nSPS) is 11.0. The van der Waals surface area contributed by atoms with Crippen molar-refractivity contribution in [3.63, 3.8) is 0 Å². The van der Waals surface area contributed by atoms with Gasteiger partial charge in [-0.25, -0.2) is 0 Å². The zero-order valence-corrected chi connectivity index (χ0v) is 6.85. The summed E-state index contributed by atoms with van der Waals surface area (Å²) in [4.78, 5) is 13.1. The molecule has 0 spiro atoms. The fraction of sp³-hybridized carbons (Fsp3) is 0.250. The number of nitriles is 1. The van der Waals surface area contributed by atoms with Gasteiger partial charge in [-0.1, -0.05) is 0 Å². The van der Waals surface area contributed by atoms with Gasteiger partial charge in [-0.2, -0.15) is 18.4 Å². The van der Waals surface area contributed by atoms with Gasteiger partial charge < -0.3 is 4.98 Å². The standard InChI is InChI=1S/C8H5F3N2O/c9-8(10,11)6-2-4-13-7(14)5(6)1-3-12/h2,4H,1H2,(H,13,14). The van der Waals surface area contributed by atoms with Crippen LogP contribution >= 0.6 is 0 Å². The molecule has 0 fully saturated rings. The molecule has 14 heavy (non-hydrogen) atoms. The maximum Gasteiger partial charge on any atom is 0.416 e. The molecule has 0 aromatic carbocycles. The molecule has 1 heterocycles. The van der Waals surface area contributed by atoms with Crippen LogP contribution < -0.4 is 5.56 Å². The summed E-state index contributed by atoms with van der Waals surface area (Å²) >= 11 is 0. The first kappa shape index (κ1) is 10.3. The summed E-state index contributed by atoms with van der Waals surface area (Å²) < 4.78 is 36.9. The van der Waals surface area contributed by atoms with Crippen LogP contribution in [0, 0.1) is 11.3 Å². The van der Waals surface area contributed by atoms with Gasteiger partial charge >= 0.3 is 6.18 Å². The van der Waals surface area contributed by atoms with Crippen molar-refractivity contribution >= 4 is 0 Å². The van der Waals surface area contributed by atoms with Gasteiger partial charge in [-0.3, -0.25) is 4.79 Å². The van der Waals surface area contributed by atoms with E-state index in [1.165, 1.54) is 6.07 Å². The zero-order chi connectivity index (χ0) is 10.8. The number of pyridine rings is 1. The van der Waals surface area contributed by atoms with Crippen molar-refractivity contribution in [2.75, 3.05) is 0 Å². The third-order valence-electron chi connectivity index (χ3n) is 1.62. The number of aromatic nitrogens is 1. The van der Waals surface area contributed by atoms with Gasteiger partial charge in [0.2, 0.25) is 0 Å². The molecule has 0 amide bonds. The lowest BCUT2D eigenvalue weighted by atomic mass is 10.1. The van der Waals surface area contributed by atoms with Crippen molar-refractivity contribution in [1.29, 1.82) is 5.26 Å². The average Bonchev–Trinajstić information content (AvgIpc) is 2.07. The Morgan fingerprint density at radius 1 is 1.50 bits per heavy atom. The van der Waals surface area contributed by atoms with Gasteiger partial charge in [0.25, 0.3) is 5.56 Å². The molecule has 1 aromatic rings. The number of halogens is 3. The predicted octanol–water partition coefficient (Wildman–Crippen LogP) is 1.46. The average molecular weight is 202 g/mol. The van der Waals surface area contributed by atoms with Crippen LogP contribution in [0.4, 0.5) is 13.2 Å². The van der Waals surface area contributed by atoms with Crippen LogP contribution in [0.25, 0.3) is 0 Å². The number of hydrogen-bond acceptors (Lipinski definition) is 2. The summed E-state index contributed by atoms with van der Waals surface area (Å²) in [5.74, 6) is 0. The van der Waals surface area contributed by atoms with E-state index in [0.717, 1.165) is 12.3 Å². The lowest BCUT2D eigenvalue weighted by molar-refractivity contribution is -0.138. The first-order valence-corrected chi connectivity index (χ1v) is 3.61. The number of H-pyrrole nitrogens is 1. The van der Waals surface area contributed by atoms with Gasteiger partial charge in [-0.05, 0) is 6.07 Å². The molecule has 74 valence electrons. The molecule has 0 aliphatic rings. The minimum atomic E-state index is -4.60. The molecular formula is C8H5F3N2O. The summed E-state index contributed by atoms with van der Waals surface area (Å²) in [6.07, 6.45) is -4.24. The summed E-state index contributed by atoms with van der Waals surface area (Å²) in [6.45, 7) is 0. The Morgan fingerprint density at radius 2 is 2.14 bits per heavy atom. The van der Waals surface area contributed by atoms with Crippen LogP contribution in [0.5, 0.6) is 0 Å². The van der Waals surface area contributed by atoms with Crippen LogP contribution in [0.15, 0.2) is 17.1 Å². The molecule has 3 nitrogen and oxygen atoms in total. The Kier molecular flexibility index (Phi) is 2.60. The second-order valence-electron chi connectivity index (χ2n) is 2.53. The van der Waals surface area contributed by atoms with E-state index in [2.05, 4.69) is 4.98 Å². The highest BCUT2D eigenvalue weighted by molar-refractivity contribution is 5.28. The fourth-order valence-corrected chi connectivity index (χ4v) is 1.03. The van der Waals surface area contributed by atoms with Crippen molar-refractivity contribution in [3.8, 4) is 6.07 Å². The van der Waals surface area contributed by atoms with E-state index >= 15 is 0 Å². The lowest BCUT2D eigenvalue weighted by Gasteiger charge is -2.08. The van der Waals surface area contributed by atoms with E-state index in [4.69, 9.17) is 5.26 Å². The van der Waals surface area contributed by atoms with E-state index in [0.29, 0.717) is 0 Å². The molecule has 0 radical (unpaired) electrons. The van der Waals surface area contributed by atoms with E-state index in [-0.39, 0.29) is 0 Å². The maximum atomic E-state index is 12.3. The van der Waals surface area contributed by atoms with E-state index in [9.17, 15) is 18.0 Å². The van der Waals surface area contributed by atoms with Crippen molar-refractivity contribution < 1.29 is 13.2 Å². The molecule has 0 atom stereocenters. The van der Waals surface area contributed by atoms with Gasteiger partial charge in [0.1, 0.15) is 0 Å². The van der Waals surface area contributed by atoms with Gasteiger partial charge in [-0.15, -0.1) is 0 Å². The largest absolute Gasteiger partial charge is 0.416 e. The molecule has 1 aromatic heterocycles.